The van der Waals surface area contributed by atoms with Crippen molar-refractivity contribution < 1.29 is 0 Å². The molecule has 0 N–H and O–H groups in total. The van der Waals surface area contributed by atoms with Crippen LogP contribution in [-0.4, -0.2) is 15.0 Å². The Balaban J connectivity index is 1.07. The lowest BCUT2D eigenvalue weighted by molar-refractivity contribution is 0.660. The average Bonchev–Trinajstić information content (AvgIpc) is 4.01. The Bertz CT molecular complexity index is 3400. The normalized spacial score (nSPS) is 14.3. The van der Waals surface area contributed by atoms with Gasteiger partial charge in [0.15, 0.2) is 17.5 Å². The molecule has 61 heavy (non-hydrogen) atoms. The van der Waals surface area contributed by atoms with Crippen molar-refractivity contribution in [3.05, 3.63) is 221 Å². The van der Waals surface area contributed by atoms with E-state index in [1.54, 1.807) is 0 Å². The standard InChI is InChI=1S/C57H37N3S/c1-56(2)44-22-10-6-17-38(44)41-32-31-37(33-48(41)56)54-58-53(36-29-27-35(28-30-36)34-15-4-3-5-16-34)59-55(60-54)43-21-14-25-47-50(43)51-42-20-9-13-26-49(42)61-52(51)57(47)45-23-11-7-18-39(45)40-19-8-12-24-46(40)57/h3-33H,1-2H3. The summed E-state index contributed by atoms with van der Waals surface area (Å²) >= 11 is 1.92. The molecule has 10 aromatic rings. The van der Waals surface area contributed by atoms with Gasteiger partial charge in [-0.25, -0.2) is 15.0 Å². The van der Waals surface area contributed by atoms with Crippen molar-refractivity contribution in [2.45, 2.75) is 24.7 Å². The molecule has 0 amide bonds. The van der Waals surface area contributed by atoms with E-state index in [9.17, 15) is 0 Å². The van der Waals surface area contributed by atoms with Crippen LogP contribution >= 0.6 is 11.3 Å². The first-order valence-electron chi connectivity index (χ1n) is 21.0. The second-order valence-electron chi connectivity index (χ2n) is 17.1. The molecule has 2 heterocycles. The van der Waals surface area contributed by atoms with Gasteiger partial charge in [-0.3, -0.25) is 0 Å². The number of hydrogen-bond donors (Lipinski definition) is 0. The molecule has 0 unspecified atom stereocenters. The zero-order chi connectivity index (χ0) is 40.5. The first kappa shape index (κ1) is 34.6. The van der Waals surface area contributed by atoms with Crippen molar-refractivity contribution >= 4 is 21.4 Å². The van der Waals surface area contributed by atoms with Gasteiger partial charge in [0.25, 0.3) is 0 Å². The smallest absolute Gasteiger partial charge is 0.164 e. The van der Waals surface area contributed by atoms with Gasteiger partial charge in [0.1, 0.15) is 0 Å². The van der Waals surface area contributed by atoms with E-state index < -0.39 is 5.41 Å². The summed E-state index contributed by atoms with van der Waals surface area (Å²) < 4.78 is 1.28. The second-order valence-corrected chi connectivity index (χ2v) is 18.1. The Hall–Kier alpha value is -7.27. The maximum Gasteiger partial charge on any atom is 0.164 e. The molecule has 8 aromatic carbocycles. The predicted molar refractivity (Wildman–Crippen MR) is 251 cm³/mol. The highest BCUT2D eigenvalue weighted by Gasteiger charge is 2.54. The van der Waals surface area contributed by atoms with Crippen LogP contribution in [0.1, 0.15) is 46.5 Å². The minimum absolute atomic E-state index is 0.160. The Kier molecular flexibility index (Phi) is 7.16. The third-order valence-electron chi connectivity index (χ3n) is 13.6. The minimum Gasteiger partial charge on any atom is -0.208 e. The van der Waals surface area contributed by atoms with Gasteiger partial charge in [0.05, 0.1) is 5.41 Å². The lowest BCUT2D eigenvalue weighted by atomic mass is 9.73. The summed E-state index contributed by atoms with van der Waals surface area (Å²) in [6, 6.07) is 68.4. The van der Waals surface area contributed by atoms with Crippen LogP contribution in [0.2, 0.25) is 0 Å². The Morgan fingerprint density at radius 2 is 0.869 bits per heavy atom. The SMILES string of the molecule is CC1(C)c2ccccc2-c2ccc(-c3nc(-c4ccc(-c5ccccc5)cc4)nc(-c4cccc5c4-c4c(sc6ccccc46)C54c5ccccc5-c5ccccc54)n3)cc21. The summed E-state index contributed by atoms with van der Waals surface area (Å²) in [7, 11) is 0. The van der Waals surface area contributed by atoms with E-state index in [2.05, 4.69) is 202 Å². The molecule has 2 aromatic heterocycles. The molecule has 286 valence electrons. The Morgan fingerprint density at radius 3 is 1.61 bits per heavy atom. The fraction of sp³-hybridized carbons (Fsp3) is 0.0702. The summed E-state index contributed by atoms with van der Waals surface area (Å²) in [5.41, 5.74) is 18.9. The van der Waals surface area contributed by atoms with Gasteiger partial charge in [0.2, 0.25) is 0 Å². The zero-order valence-corrected chi connectivity index (χ0v) is 34.5. The molecule has 3 aliphatic carbocycles. The van der Waals surface area contributed by atoms with E-state index in [4.69, 9.17) is 15.0 Å². The summed E-state index contributed by atoms with van der Waals surface area (Å²) in [4.78, 5) is 17.6. The fourth-order valence-electron chi connectivity index (χ4n) is 10.8. The first-order chi connectivity index (χ1) is 30.0. The molecule has 0 fully saturated rings. The van der Waals surface area contributed by atoms with E-state index in [0.29, 0.717) is 17.5 Å². The van der Waals surface area contributed by atoms with Gasteiger partial charge >= 0.3 is 0 Å². The molecule has 3 nitrogen and oxygen atoms in total. The van der Waals surface area contributed by atoms with Crippen LogP contribution in [0, 0.1) is 0 Å². The number of hydrogen-bond acceptors (Lipinski definition) is 4. The van der Waals surface area contributed by atoms with Gasteiger partial charge in [-0.1, -0.05) is 190 Å². The predicted octanol–water partition coefficient (Wildman–Crippen LogP) is 14.4. The van der Waals surface area contributed by atoms with Gasteiger partial charge < -0.3 is 0 Å². The molecule has 0 saturated heterocycles. The fourth-order valence-corrected chi connectivity index (χ4v) is 12.3. The van der Waals surface area contributed by atoms with E-state index in [0.717, 1.165) is 22.3 Å². The molecule has 0 saturated carbocycles. The van der Waals surface area contributed by atoms with E-state index in [-0.39, 0.29) is 5.41 Å². The van der Waals surface area contributed by atoms with Crippen molar-refractivity contribution in [3.63, 3.8) is 0 Å². The van der Waals surface area contributed by atoms with Crippen molar-refractivity contribution in [2.75, 3.05) is 0 Å². The minimum atomic E-state index is -0.468. The average molecular weight is 796 g/mol. The van der Waals surface area contributed by atoms with Gasteiger partial charge in [-0.2, -0.15) is 0 Å². The molecular weight excluding hydrogens is 759 g/mol. The zero-order valence-electron chi connectivity index (χ0n) is 33.6. The van der Waals surface area contributed by atoms with Crippen molar-refractivity contribution in [2.24, 2.45) is 0 Å². The van der Waals surface area contributed by atoms with Crippen molar-refractivity contribution in [1.82, 2.24) is 15.0 Å². The molecule has 0 aliphatic heterocycles. The molecule has 0 radical (unpaired) electrons. The highest BCUT2D eigenvalue weighted by molar-refractivity contribution is 7.20. The van der Waals surface area contributed by atoms with Crippen LogP contribution in [0.25, 0.3) is 88.8 Å². The number of thiophene rings is 1. The molecule has 3 aliphatic rings. The summed E-state index contributed by atoms with van der Waals surface area (Å²) in [6.07, 6.45) is 0. The maximum atomic E-state index is 5.49. The molecule has 0 bridgehead atoms. The van der Waals surface area contributed by atoms with Crippen LogP contribution in [0.3, 0.4) is 0 Å². The summed E-state index contributed by atoms with van der Waals surface area (Å²) in [6.45, 7) is 4.65. The second kappa shape index (κ2) is 12.6. The van der Waals surface area contributed by atoms with Gasteiger partial charge in [-0.05, 0) is 78.9 Å². The Labute approximate surface area is 358 Å². The Morgan fingerprint density at radius 1 is 0.361 bits per heavy atom. The quantitative estimate of drug-likeness (QED) is 0.178. The molecular formula is C57H37N3S. The molecule has 13 rings (SSSR count). The number of fused-ring (bicyclic) bond motifs is 15. The summed E-state index contributed by atoms with van der Waals surface area (Å²) in [5, 5.41) is 1.27. The maximum absolute atomic E-state index is 5.49. The monoisotopic (exact) mass is 795 g/mol. The van der Waals surface area contributed by atoms with Gasteiger partial charge in [-0.15, -0.1) is 11.3 Å². The number of nitrogens with zero attached hydrogens (tertiary/aromatic N) is 3. The van der Waals surface area contributed by atoms with Crippen molar-refractivity contribution in [3.8, 4) is 78.7 Å². The molecule has 0 atom stereocenters. The van der Waals surface area contributed by atoms with E-state index >= 15 is 0 Å². The highest BCUT2D eigenvalue weighted by atomic mass is 32.1. The van der Waals surface area contributed by atoms with E-state index in [1.807, 2.05) is 11.3 Å². The van der Waals surface area contributed by atoms with Crippen LogP contribution in [0.15, 0.2) is 188 Å². The van der Waals surface area contributed by atoms with Crippen molar-refractivity contribution in [1.29, 1.82) is 0 Å². The van der Waals surface area contributed by atoms with Crippen LogP contribution in [0.5, 0.6) is 0 Å². The topological polar surface area (TPSA) is 38.7 Å². The largest absolute Gasteiger partial charge is 0.208 e. The van der Waals surface area contributed by atoms with Crippen LogP contribution in [0.4, 0.5) is 0 Å². The molecule has 1 spiro atoms. The first-order valence-corrected chi connectivity index (χ1v) is 21.8. The van der Waals surface area contributed by atoms with Gasteiger partial charge in [0, 0.05) is 42.6 Å². The van der Waals surface area contributed by atoms with Crippen LogP contribution in [-0.2, 0) is 10.8 Å². The highest BCUT2D eigenvalue weighted by Crippen LogP contribution is 2.67. The molecule has 4 heteroatoms. The van der Waals surface area contributed by atoms with E-state index in [1.165, 1.54) is 81.7 Å². The summed E-state index contributed by atoms with van der Waals surface area (Å²) in [5.74, 6) is 1.99. The third-order valence-corrected chi connectivity index (χ3v) is 14.9. The number of benzene rings is 8. The lowest BCUT2D eigenvalue weighted by Crippen LogP contribution is -2.24. The number of rotatable bonds is 4. The lowest BCUT2D eigenvalue weighted by Gasteiger charge is -2.29. The third kappa shape index (κ3) is 4.71. The van der Waals surface area contributed by atoms with Crippen LogP contribution < -0.4 is 0 Å². The number of aromatic nitrogens is 3.